The number of anilines is 1. The fourth-order valence-corrected chi connectivity index (χ4v) is 2.96. The minimum absolute atomic E-state index is 0.306. The zero-order valence-electron chi connectivity index (χ0n) is 15.6. The van der Waals surface area contributed by atoms with Gasteiger partial charge >= 0.3 is 6.03 Å². The Balaban J connectivity index is 1.61. The Morgan fingerprint density at radius 2 is 1.69 bits per heavy atom. The van der Waals surface area contributed by atoms with Crippen molar-refractivity contribution in [1.82, 2.24) is 10.3 Å². The van der Waals surface area contributed by atoms with Crippen LogP contribution in [0.15, 0.2) is 54.7 Å². The number of rotatable bonds is 4. The highest BCUT2D eigenvalue weighted by Gasteiger charge is 2.15. The number of nitrogens with zero attached hydrogens (tertiary/aromatic N) is 1. The molecule has 1 aromatic heterocycles. The van der Waals surface area contributed by atoms with Gasteiger partial charge in [-0.3, -0.25) is 10.1 Å². The Labute approximate surface area is 177 Å². The van der Waals surface area contributed by atoms with E-state index in [1.807, 2.05) is 32.0 Å². The number of hydrogen-bond acceptors (Lipinski definition) is 4. The Morgan fingerprint density at radius 1 is 0.966 bits per heavy atom. The highest BCUT2D eigenvalue weighted by Crippen LogP contribution is 2.29. The number of carbonyl (C=O) groups is 2. The number of imide groups is 1. The molecule has 0 aliphatic carbocycles. The number of nitrogens with one attached hydrogen (secondary N) is 2. The van der Waals surface area contributed by atoms with E-state index in [1.54, 1.807) is 30.3 Å². The van der Waals surface area contributed by atoms with Crippen molar-refractivity contribution < 1.29 is 14.3 Å². The van der Waals surface area contributed by atoms with Crippen molar-refractivity contribution in [2.24, 2.45) is 0 Å². The minimum atomic E-state index is -0.655. The fourth-order valence-electron chi connectivity index (χ4n) is 2.68. The van der Waals surface area contributed by atoms with Crippen LogP contribution in [0.1, 0.15) is 21.5 Å². The van der Waals surface area contributed by atoms with E-state index in [-0.39, 0.29) is 0 Å². The van der Waals surface area contributed by atoms with E-state index < -0.39 is 11.9 Å². The fraction of sp³-hybridized carbons (Fsp3) is 0.0952. The third kappa shape index (κ3) is 5.25. The van der Waals surface area contributed by atoms with Crippen molar-refractivity contribution in [1.29, 1.82) is 0 Å². The molecular formula is C21H17Cl2N3O3. The molecule has 0 fully saturated rings. The lowest BCUT2D eigenvalue weighted by Crippen LogP contribution is -2.35. The molecule has 0 radical (unpaired) electrons. The Morgan fingerprint density at radius 3 is 2.31 bits per heavy atom. The number of amides is 3. The van der Waals surface area contributed by atoms with Gasteiger partial charge in [-0.1, -0.05) is 41.4 Å². The SMILES string of the molecule is Cc1cccc(C)c1C(=O)NC(=O)Nc1ccc(Oc2ccc(Cl)c(Cl)c2)nc1. The highest BCUT2D eigenvalue weighted by molar-refractivity contribution is 6.42. The van der Waals surface area contributed by atoms with Crippen LogP contribution < -0.4 is 15.4 Å². The number of halogens is 2. The summed E-state index contributed by atoms with van der Waals surface area (Å²) in [6.07, 6.45) is 1.41. The van der Waals surface area contributed by atoms with E-state index in [9.17, 15) is 9.59 Å². The number of urea groups is 1. The first-order valence-electron chi connectivity index (χ1n) is 8.61. The standard InChI is InChI=1S/C21H17Cl2N3O3/c1-12-4-3-5-13(2)19(12)20(27)26-21(28)25-14-6-9-18(24-11-14)29-15-7-8-16(22)17(23)10-15/h3-11H,1-2H3,(H2,25,26,27,28). The molecule has 6 nitrogen and oxygen atoms in total. The Hall–Kier alpha value is -3.09. The Bertz CT molecular complexity index is 1050. The molecule has 0 aliphatic rings. The molecule has 3 aromatic rings. The van der Waals surface area contributed by atoms with Crippen LogP contribution in [0, 0.1) is 13.8 Å². The minimum Gasteiger partial charge on any atom is -0.439 e. The first kappa shape index (κ1) is 20.6. The number of pyridine rings is 1. The van der Waals surface area contributed by atoms with Crippen molar-refractivity contribution in [3.8, 4) is 11.6 Å². The van der Waals surface area contributed by atoms with Gasteiger partial charge in [0.15, 0.2) is 0 Å². The molecule has 3 rings (SSSR count). The van der Waals surface area contributed by atoms with Crippen molar-refractivity contribution in [2.45, 2.75) is 13.8 Å². The molecule has 3 amide bonds. The van der Waals surface area contributed by atoms with E-state index in [0.717, 1.165) is 11.1 Å². The van der Waals surface area contributed by atoms with Gasteiger partial charge in [0.05, 0.1) is 21.9 Å². The lowest BCUT2D eigenvalue weighted by atomic mass is 10.0. The molecule has 1 heterocycles. The molecule has 0 spiro atoms. The number of carbonyl (C=O) groups excluding carboxylic acids is 2. The maximum atomic E-state index is 12.4. The third-order valence-corrected chi connectivity index (χ3v) is 4.78. The summed E-state index contributed by atoms with van der Waals surface area (Å²) in [6, 6.07) is 12.9. The summed E-state index contributed by atoms with van der Waals surface area (Å²) >= 11 is 11.8. The average Bonchev–Trinajstić information content (AvgIpc) is 2.66. The van der Waals surface area contributed by atoms with Crippen LogP contribution in [0.25, 0.3) is 0 Å². The molecular weight excluding hydrogens is 413 g/mol. The van der Waals surface area contributed by atoms with Crippen LogP contribution in [-0.2, 0) is 0 Å². The second-order valence-corrected chi connectivity index (χ2v) is 7.05. The second kappa shape index (κ2) is 8.94. The van der Waals surface area contributed by atoms with Crippen molar-refractivity contribution >= 4 is 40.8 Å². The van der Waals surface area contributed by atoms with Gasteiger partial charge in [0.1, 0.15) is 5.75 Å². The summed E-state index contributed by atoms with van der Waals surface area (Å²) in [5, 5.41) is 5.67. The van der Waals surface area contributed by atoms with E-state index in [1.165, 1.54) is 6.20 Å². The van der Waals surface area contributed by atoms with E-state index in [2.05, 4.69) is 15.6 Å². The van der Waals surface area contributed by atoms with Gasteiger partial charge in [-0.05, 0) is 43.2 Å². The number of hydrogen-bond donors (Lipinski definition) is 2. The van der Waals surface area contributed by atoms with Crippen LogP contribution in [0.5, 0.6) is 11.6 Å². The molecule has 0 atom stereocenters. The van der Waals surface area contributed by atoms with Gasteiger partial charge < -0.3 is 10.1 Å². The summed E-state index contributed by atoms with van der Waals surface area (Å²) in [7, 11) is 0. The topological polar surface area (TPSA) is 80.3 Å². The lowest BCUT2D eigenvalue weighted by Gasteiger charge is -2.11. The monoisotopic (exact) mass is 429 g/mol. The number of aromatic nitrogens is 1. The van der Waals surface area contributed by atoms with Crippen LogP contribution >= 0.6 is 23.2 Å². The first-order chi connectivity index (χ1) is 13.8. The number of aryl methyl sites for hydroxylation is 2. The van der Waals surface area contributed by atoms with Crippen molar-refractivity contribution in [3.63, 3.8) is 0 Å². The number of ether oxygens (including phenoxy) is 1. The molecule has 2 aromatic carbocycles. The predicted molar refractivity (Wildman–Crippen MR) is 113 cm³/mol. The Kier molecular flexibility index (Phi) is 6.36. The molecule has 8 heteroatoms. The number of benzene rings is 2. The van der Waals surface area contributed by atoms with Crippen LogP contribution in [0.3, 0.4) is 0 Å². The van der Waals surface area contributed by atoms with Gasteiger partial charge in [-0.25, -0.2) is 9.78 Å². The predicted octanol–water partition coefficient (Wildman–Crippen LogP) is 5.76. The maximum absolute atomic E-state index is 12.4. The van der Waals surface area contributed by atoms with Crippen molar-refractivity contribution in [2.75, 3.05) is 5.32 Å². The van der Waals surface area contributed by atoms with E-state index in [4.69, 9.17) is 27.9 Å². The van der Waals surface area contributed by atoms with Crippen LogP contribution in [0.4, 0.5) is 10.5 Å². The van der Waals surface area contributed by atoms with Crippen molar-refractivity contribution in [3.05, 3.63) is 81.5 Å². The molecule has 0 saturated carbocycles. The molecule has 0 saturated heterocycles. The summed E-state index contributed by atoms with van der Waals surface area (Å²) in [4.78, 5) is 28.6. The smallest absolute Gasteiger partial charge is 0.326 e. The van der Waals surface area contributed by atoms with E-state index in [0.29, 0.717) is 32.9 Å². The molecule has 2 N–H and O–H groups in total. The molecule has 0 bridgehead atoms. The summed E-state index contributed by atoms with van der Waals surface area (Å²) in [6.45, 7) is 3.63. The zero-order chi connectivity index (χ0) is 21.0. The summed E-state index contributed by atoms with van der Waals surface area (Å²) < 4.78 is 5.59. The van der Waals surface area contributed by atoms with Gasteiger partial charge in [-0.15, -0.1) is 0 Å². The highest BCUT2D eigenvalue weighted by atomic mass is 35.5. The third-order valence-electron chi connectivity index (χ3n) is 4.04. The summed E-state index contributed by atoms with van der Waals surface area (Å²) in [5.74, 6) is 0.316. The molecule has 29 heavy (non-hydrogen) atoms. The van der Waals surface area contributed by atoms with Gasteiger partial charge in [0.25, 0.3) is 5.91 Å². The van der Waals surface area contributed by atoms with Gasteiger partial charge in [-0.2, -0.15) is 0 Å². The zero-order valence-corrected chi connectivity index (χ0v) is 17.1. The van der Waals surface area contributed by atoms with Crippen LogP contribution in [0.2, 0.25) is 10.0 Å². The molecule has 0 aliphatic heterocycles. The first-order valence-corrected chi connectivity index (χ1v) is 9.36. The van der Waals surface area contributed by atoms with Gasteiger partial charge in [0.2, 0.25) is 5.88 Å². The average molecular weight is 430 g/mol. The summed E-state index contributed by atoms with van der Waals surface area (Å²) in [5.41, 5.74) is 2.46. The maximum Gasteiger partial charge on any atom is 0.326 e. The van der Waals surface area contributed by atoms with Crippen LogP contribution in [-0.4, -0.2) is 16.9 Å². The van der Waals surface area contributed by atoms with E-state index >= 15 is 0 Å². The lowest BCUT2D eigenvalue weighted by molar-refractivity contribution is 0.0966. The van der Waals surface area contributed by atoms with Gasteiger partial charge in [0, 0.05) is 17.7 Å². The second-order valence-electron chi connectivity index (χ2n) is 6.24. The largest absolute Gasteiger partial charge is 0.439 e. The molecule has 148 valence electrons. The normalized spacial score (nSPS) is 10.3. The quantitative estimate of drug-likeness (QED) is 0.552. The molecule has 0 unspecified atom stereocenters.